The first-order valence-electron chi connectivity index (χ1n) is 4.44. The predicted octanol–water partition coefficient (Wildman–Crippen LogP) is 1.34. The number of carboxylic acid groups (broad SMARTS) is 1. The Labute approximate surface area is 93.8 Å². The van der Waals surface area contributed by atoms with Crippen molar-refractivity contribution in [2.45, 2.75) is 13.8 Å². The molecule has 0 heterocycles. The average Bonchev–Trinajstić information content (AvgIpc) is 2.09. The van der Waals surface area contributed by atoms with Crippen molar-refractivity contribution in [3.8, 4) is 5.75 Å². The van der Waals surface area contributed by atoms with Gasteiger partial charge in [0.15, 0.2) is 0 Å². The van der Waals surface area contributed by atoms with Crippen molar-refractivity contribution in [2.24, 2.45) is 0 Å². The lowest BCUT2D eigenvalue weighted by Crippen LogP contribution is -2.09. The molecular weight excluding hydrogens is 232 g/mol. The van der Waals surface area contributed by atoms with Crippen molar-refractivity contribution < 1.29 is 22.5 Å². The maximum atomic E-state index is 11.0. The number of rotatable bonds is 3. The van der Waals surface area contributed by atoms with Gasteiger partial charge in [-0.2, -0.15) is 8.42 Å². The fraction of sp³-hybridized carbons (Fsp3) is 0.300. The Bertz CT molecular complexity index is 507. The van der Waals surface area contributed by atoms with Crippen LogP contribution >= 0.6 is 0 Å². The molecule has 0 aliphatic heterocycles. The standard InChI is InChI=1S/C10H12O5S/c1-6-4-8(10(11)12)5-7(2)9(6)15-16(3,13)14/h4-5H,1-3H3,(H,11,12). The van der Waals surface area contributed by atoms with Gasteiger partial charge < -0.3 is 9.29 Å². The molecule has 0 aliphatic rings. The molecular formula is C10H12O5S. The highest BCUT2D eigenvalue weighted by Gasteiger charge is 2.14. The number of carbonyl (C=O) groups is 1. The Morgan fingerprint density at radius 2 is 1.69 bits per heavy atom. The first-order valence-corrected chi connectivity index (χ1v) is 6.26. The van der Waals surface area contributed by atoms with Gasteiger partial charge in [0.1, 0.15) is 5.75 Å². The molecule has 88 valence electrons. The maximum Gasteiger partial charge on any atom is 0.335 e. The van der Waals surface area contributed by atoms with Gasteiger partial charge in [-0.3, -0.25) is 0 Å². The van der Waals surface area contributed by atoms with E-state index in [1.165, 1.54) is 12.1 Å². The van der Waals surface area contributed by atoms with Crippen LogP contribution < -0.4 is 4.18 Å². The maximum absolute atomic E-state index is 11.0. The fourth-order valence-electron chi connectivity index (χ4n) is 1.36. The van der Waals surface area contributed by atoms with Crippen molar-refractivity contribution in [2.75, 3.05) is 6.26 Å². The average molecular weight is 244 g/mol. The zero-order valence-electron chi connectivity index (χ0n) is 9.14. The minimum Gasteiger partial charge on any atom is -0.478 e. The number of hydrogen-bond donors (Lipinski definition) is 1. The SMILES string of the molecule is Cc1cc(C(=O)O)cc(C)c1OS(C)(=O)=O. The fourth-order valence-corrected chi connectivity index (χ4v) is 1.92. The van der Waals surface area contributed by atoms with Crippen molar-refractivity contribution in [3.05, 3.63) is 28.8 Å². The lowest BCUT2D eigenvalue weighted by Gasteiger charge is -2.10. The van der Waals surface area contributed by atoms with E-state index in [1.807, 2.05) is 0 Å². The van der Waals surface area contributed by atoms with Crippen molar-refractivity contribution in [3.63, 3.8) is 0 Å². The Kier molecular flexibility index (Phi) is 3.23. The van der Waals surface area contributed by atoms with Crippen LogP contribution in [0, 0.1) is 13.8 Å². The van der Waals surface area contributed by atoms with E-state index in [0.717, 1.165) is 6.26 Å². The highest BCUT2D eigenvalue weighted by Crippen LogP contribution is 2.25. The molecule has 1 rings (SSSR count). The van der Waals surface area contributed by atoms with Crippen LogP contribution in [0.2, 0.25) is 0 Å². The minimum atomic E-state index is -3.60. The second-order valence-electron chi connectivity index (χ2n) is 3.53. The molecule has 0 aliphatic carbocycles. The van der Waals surface area contributed by atoms with E-state index in [1.54, 1.807) is 13.8 Å². The van der Waals surface area contributed by atoms with Gasteiger partial charge in [-0.05, 0) is 37.1 Å². The van der Waals surface area contributed by atoms with E-state index < -0.39 is 16.1 Å². The van der Waals surface area contributed by atoms with Crippen LogP contribution in [0.5, 0.6) is 5.75 Å². The summed E-state index contributed by atoms with van der Waals surface area (Å²) in [7, 11) is -3.60. The molecule has 0 unspecified atom stereocenters. The second kappa shape index (κ2) is 4.13. The molecule has 1 N–H and O–H groups in total. The Morgan fingerprint density at radius 3 is 2.00 bits per heavy atom. The first-order chi connectivity index (χ1) is 7.20. The van der Waals surface area contributed by atoms with E-state index in [4.69, 9.17) is 9.29 Å². The van der Waals surface area contributed by atoms with Gasteiger partial charge in [-0.1, -0.05) is 0 Å². The molecule has 0 bridgehead atoms. The van der Waals surface area contributed by atoms with Gasteiger partial charge in [-0.15, -0.1) is 0 Å². The van der Waals surface area contributed by atoms with Crippen LogP contribution in [0.1, 0.15) is 21.5 Å². The smallest absolute Gasteiger partial charge is 0.335 e. The Morgan fingerprint density at radius 1 is 1.25 bits per heavy atom. The summed E-state index contributed by atoms with van der Waals surface area (Å²) >= 11 is 0. The molecule has 5 nitrogen and oxygen atoms in total. The molecule has 0 fully saturated rings. The van der Waals surface area contributed by atoms with E-state index in [2.05, 4.69) is 0 Å². The third-order valence-electron chi connectivity index (χ3n) is 1.94. The Balaban J connectivity index is 3.28. The largest absolute Gasteiger partial charge is 0.478 e. The molecule has 1 aromatic rings. The van der Waals surface area contributed by atoms with Gasteiger partial charge >= 0.3 is 16.1 Å². The van der Waals surface area contributed by atoms with Crippen molar-refractivity contribution in [1.29, 1.82) is 0 Å². The number of aromatic carboxylic acids is 1. The molecule has 0 aromatic heterocycles. The Hall–Kier alpha value is -1.56. The summed E-state index contributed by atoms with van der Waals surface area (Å²) in [5.41, 5.74) is 1.06. The number of hydrogen-bond acceptors (Lipinski definition) is 4. The third-order valence-corrected chi connectivity index (χ3v) is 2.41. The highest BCUT2D eigenvalue weighted by molar-refractivity contribution is 7.86. The molecule has 0 saturated heterocycles. The number of benzene rings is 1. The molecule has 16 heavy (non-hydrogen) atoms. The van der Waals surface area contributed by atoms with E-state index in [-0.39, 0.29) is 11.3 Å². The molecule has 0 atom stereocenters. The second-order valence-corrected chi connectivity index (χ2v) is 5.11. The van der Waals surface area contributed by atoms with Gasteiger partial charge in [0.05, 0.1) is 11.8 Å². The van der Waals surface area contributed by atoms with Gasteiger partial charge in [-0.25, -0.2) is 4.79 Å². The highest BCUT2D eigenvalue weighted by atomic mass is 32.2. The van der Waals surface area contributed by atoms with Crippen molar-refractivity contribution >= 4 is 16.1 Å². The number of aryl methyl sites for hydroxylation is 2. The quantitative estimate of drug-likeness (QED) is 0.811. The van der Waals surface area contributed by atoms with E-state index >= 15 is 0 Å². The summed E-state index contributed by atoms with van der Waals surface area (Å²) in [4.78, 5) is 10.7. The first kappa shape index (κ1) is 12.5. The summed E-state index contributed by atoms with van der Waals surface area (Å²) in [6, 6.07) is 2.74. The number of carboxylic acids is 1. The summed E-state index contributed by atoms with van der Waals surface area (Å²) in [5.74, 6) is -0.871. The monoisotopic (exact) mass is 244 g/mol. The summed E-state index contributed by atoms with van der Waals surface area (Å²) in [6.45, 7) is 3.19. The molecule has 0 spiro atoms. The van der Waals surface area contributed by atoms with Crippen LogP contribution in [0.4, 0.5) is 0 Å². The summed E-state index contributed by atoms with van der Waals surface area (Å²) < 4.78 is 26.7. The van der Waals surface area contributed by atoms with Crippen LogP contribution in [0.25, 0.3) is 0 Å². The van der Waals surface area contributed by atoms with Crippen LogP contribution in [-0.4, -0.2) is 25.7 Å². The predicted molar refractivity (Wildman–Crippen MR) is 58.3 cm³/mol. The summed E-state index contributed by atoms with van der Waals surface area (Å²) in [5, 5.41) is 8.80. The van der Waals surface area contributed by atoms with Crippen LogP contribution in [0.3, 0.4) is 0 Å². The van der Waals surface area contributed by atoms with Gasteiger partial charge in [0.25, 0.3) is 0 Å². The van der Waals surface area contributed by atoms with E-state index in [0.29, 0.717) is 11.1 Å². The molecule has 0 amide bonds. The lowest BCUT2D eigenvalue weighted by atomic mass is 10.1. The van der Waals surface area contributed by atoms with Crippen LogP contribution in [0.15, 0.2) is 12.1 Å². The normalized spacial score (nSPS) is 11.2. The lowest BCUT2D eigenvalue weighted by molar-refractivity contribution is 0.0696. The molecule has 0 saturated carbocycles. The zero-order chi connectivity index (χ0) is 12.5. The van der Waals surface area contributed by atoms with Gasteiger partial charge in [0.2, 0.25) is 0 Å². The minimum absolute atomic E-state index is 0.107. The summed E-state index contributed by atoms with van der Waals surface area (Å²) in [6.07, 6.45) is 0.941. The topological polar surface area (TPSA) is 80.7 Å². The zero-order valence-corrected chi connectivity index (χ0v) is 9.96. The molecule has 1 aromatic carbocycles. The van der Waals surface area contributed by atoms with Gasteiger partial charge in [0, 0.05) is 0 Å². The van der Waals surface area contributed by atoms with E-state index in [9.17, 15) is 13.2 Å². The molecule has 6 heteroatoms. The van der Waals surface area contributed by atoms with Crippen molar-refractivity contribution in [1.82, 2.24) is 0 Å². The third kappa shape index (κ3) is 2.96. The van der Waals surface area contributed by atoms with Crippen LogP contribution in [-0.2, 0) is 10.1 Å². The molecule has 0 radical (unpaired) electrons.